The summed E-state index contributed by atoms with van der Waals surface area (Å²) in [6, 6.07) is 10.3. The number of fused-ring (bicyclic) bond motifs is 3. The Hall–Kier alpha value is -3.60. The third kappa shape index (κ3) is 5.56. The molecule has 4 aromatic rings. The minimum atomic E-state index is -4.93. The number of unbranched alkanes of at least 4 members (excludes halogenated alkanes) is 1. The molecule has 0 radical (unpaired) electrons. The van der Waals surface area contributed by atoms with Crippen LogP contribution < -0.4 is 15.4 Å². The lowest BCUT2D eigenvalue weighted by Crippen LogP contribution is -2.38. The Kier molecular flexibility index (Phi) is 6.97. The maximum atomic E-state index is 13.0. The lowest BCUT2D eigenvalue weighted by atomic mass is 10.2. The highest BCUT2D eigenvalue weighted by Gasteiger charge is 2.33. The molecule has 1 atom stereocenters. The molecule has 0 bridgehead atoms. The highest BCUT2D eigenvalue weighted by molar-refractivity contribution is 6.30. The molecule has 2 heterocycles. The fourth-order valence-corrected chi connectivity index (χ4v) is 3.62. The number of alkyl halides is 3. The van der Waals surface area contributed by atoms with Crippen LogP contribution in [0.4, 0.5) is 19.1 Å². The summed E-state index contributed by atoms with van der Waals surface area (Å²) in [5.41, 5.74) is 0.915. The van der Waals surface area contributed by atoms with E-state index < -0.39 is 18.2 Å². The van der Waals surface area contributed by atoms with Gasteiger partial charge in [0, 0.05) is 17.0 Å². The second-order valence-corrected chi connectivity index (χ2v) is 8.26. The topological polar surface area (TPSA) is 93.4 Å². The minimum absolute atomic E-state index is 0.00388. The molecule has 8 nitrogen and oxygen atoms in total. The van der Waals surface area contributed by atoms with Gasteiger partial charge >= 0.3 is 6.36 Å². The predicted molar refractivity (Wildman–Crippen MR) is 126 cm³/mol. The molecule has 0 aliphatic carbocycles. The van der Waals surface area contributed by atoms with Gasteiger partial charge in [0.2, 0.25) is 11.9 Å². The van der Waals surface area contributed by atoms with E-state index in [4.69, 9.17) is 11.6 Å². The molecule has 0 spiro atoms. The number of nitrogens with one attached hydrogen (secondary N) is 2. The number of halogens is 4. The molecule has 4 rings (SSSR count). The Labute approximate surface area is 203 Å². The van der Waals surface area contributed by atoms with Crippen molar-refractivity contribution in [3.63, 3.8) is 0 Å². The molecule has 0 aliphatic heterocycles. The summed E-state index contributed by atoms with van der Waals surface area (Å²) in [6.07, 6.45) is -3.13. The van der Waals surface area contributed by atoms with E-state index in [1.807, 2.05) is 6.92 Å². The molecule has 0 fully saturated rings. The van der Waals surface area contributed by atoms with Crippen LogP contribution in [-0.2, 0) is 4.79 Å². The van der Waals surface area contributed by atoms with Gasteiger partial charge in [0.1, 0.15) is 11.8 Å². The van der Waals surface area contributed by atoms with Crippen LogP contribution in [0.25, 0.3) is 27.9 Å². The molecule has 0 saturated heterocycles. The second-order valence-electron chi connectivity index (χ2n) is 7.82. The fourth-order valence-electron chi connectivity index (χ4n) is 3.45. The van der Waals surface area contributed by atoms with E-state index in [1.165, 1.54) is 16.6 Å². The van der Waals surface area contributed by atoms with Gasteiger partial charge in [0.05, 0.1) is 11.1 Å². The molecular weight excluding hydrogens is 485 g/mol. The molecule has 1 amide bonds. The zero-order chi connectivity index (χ0) is 25.2. The van der Waals surface area contributed by atoms with Crippen molar-refractivity contribution in [3.8, 4) is 17.1 Å². The van der Waals surface area contributed by atoms with Gasteiger partial charge in [-0.2, -0.15) is 4.52 Å². The van der Waals surface area contributed by atoms with Crippen LogP contribution in [0.2, 0.25) is 5.02 Å². The standard InChI is InChI=1S/C23H22ClF3N6O2/c1-3-4-11-28-21(34)13(2)29-22-30-17-8-6-5-7-15(17)20-31-19(32-33(20)22)16-10-9-14(24)12-18(16)35-23(25,26)27/h5-10,12-13H,3-4,11H2,1-2H3,(H,28,34)(H,29,30). The summed E-state index contributed by atoms with van der Waals surface area (Å²) >= 11 is 5.90. The summed E-state index contributed by atoms with van der Waals surface area (Å²) < 4.78 is 44.5. The van der Waals surface area contributed by atoms with Gasteiger partial charge < -0.3 is 15.4 Å². The van der Waals surface area contributed by atoms with Crippen molar-refractivity contribution in [2.45, 2.75) is 39.1 Å². The number of para-hydroxylation sites is 1. The summed E-state index contributed by atoms with van der Waals surface area (Å²) in [5.74, 6) is -0.568. The van der Waals surface area contributed by atoms with Gasteiger partial charge in [-0.3, -0.25) is 4.79 Å². The van der Waals surface area contributed by atoms with Gasteiger partial charge in [-0.05, 0) is 43.7 Å². The van der Waals surface area contributed by atoms with Crippen LogP contribution in [-0.4, -0.2) is 44.4 Å². The minimum Gasteiger partial charge on any atom is -0.405 e. The first-order chi connectivity index (χ1) is 16.7. The van der Waals surface area contributed by atoms with Crippen LogP contribution in [0.3, 0.4) is 0 Å². The van der Waals surface area contributed by atoms with Crippen molar-refractivity contribution in [2.75, 3.05) is 11.9 Å². The third-order valence-electron chi connectivity index (χ3n) is 5.16. The molecule has 184 valence electrons. The summed E-state index contributed by atoms with van der Waals surface area (Å²) in [4.78, 5) is 21.5. The highest BCUT2D eigenvalue weighted by Crippen LogP contribution is 2.35. The average molecular weight is 507 g/mol. The summed E-state index contributed by atoms with van der Waals surface area (Å²) in [6.45, 7) is 4.25. The lowest BCUT2D eigenvalue weighted by molar-refractivity contribution is -0.274. The third-order valence-corrected chi connectivity index (χ3v) is 5.39. The van der Waals surface area contributed by atoms with Crippen molar-refractivity contribution >= 4 is 40.0 Å². The van der Waals surface area contributed by atoms with Crippen LogP contribution in [0.5, 0.6) is 5.75 Å². The van der Waals surface area contributed by atoms with Gasteiger partial charge in [-0.25, -0.2) is 9.97 Å². The monoisotopic (exact) mass is 506 g/mol. The quantitative estimate of drug-likeness (QED) is 0.318. The average Bonchev–Trinajstić information content (AvgIpc) is 3.24. The molecule has 2 aromatic heterocycles. The Balaban J connectivity index is 1.80. The van der Waals surface area contributed by atoms with Crippen LogP contribution in [0.15, 0.2) is 42.5 Å². The zero-order valence-corrected chi connectivity index (χ0v) is 19.6. The lowest BCUT2D eigenvalue weighted by Gasteiger charge is -2.15. The van der Waals surface area contributed by atoms with E-state index in [0.29, 0.717) is 23.1 Å². The first-order valence-corrected chi connectivity index (χ1v) is 11.3. The van der Waals surface area contributed by atoms with E-state index in [9.17, 15) is 18.0 Å². The Morgan fingerprint density at radius 2 is 1.97 bits per heavy atom. The SMILES string of the molecule is CCCCNC(=O)C(C)Nc1nc2ccccc2c2nc(-c3ccc(Cl)cc3OC(F)(F)F)nn12. The van der Waals surface area contributed by atoms with Crippen molar-refractivity contribution < 1.29 is 22.7 Å². The predicted octanol–water partition coefficient (Wildman–Crippen LogP) is 5.21. The van der Waals surface area contributed by atoms with Crippen molar-refractivity contribution in [3.05, 3.63) is 47.5 Å². The number of amides is 1. The molecule has 0 saturated carbocycles. The van der Waals surface area contributed by atoms with Gasteiger partial charge in [-0.1, -0.05) is 37.1 Å². The largest absolute Gasteiger partial charge is 0.573 e. The molecule has 35 heavy (non-hydrogen) atoms. The van der Waals surface area contributed by atoms with E-state index in [2.05, 4.69) is 30.4 Å². The number of nitrogens with zero attached hydrogens (tertiary/aromatic N) is 4. The van der Waals surface area contributed by atoms with Gasteiger partial charge in [-0.15, -0.1) is 18.3 Å². The first-order valence-electron chi connectivity index (χ1n) is 10.9. The number of carbonyl (C=O) groups excluding carboxylic acids is 1. The zero-order valence-electron chi connectivity index (χ0n) is 18.9. The van der Waals surface area contributed by atoms with Crippen LogP contribution >= 0.6 is 11.6 Å². The second kappa shape index (κ2) is 9.95. The summed E-state index contributed by atoms with van der Waals surface area (Å²) in [7, 11) is 0. The Morgan fingerprint density at radius 3 is 2.71 bits per heavy atom. The van der Waals surface area contributed by atoms with Crippen molar-refractivity contribution in [2.24, 2.45) is 0 Å². The maximum Gasteiger partial charge on any atom is 0.573 e. The highest BCUT2D eigenvalue weighted by atomic mass is 35.5. The van der Waals surface area contributed by atoms with Crippen molar-refractivity contribution in [1.82, 2.24) is 24.9 Å². The molecular formula is C23H22ClF3N6O2. The number of anilines is 1. The van der Waals surface area contributed by atoms with E-state index in [-0.39, 0.29) is 28.3 Å². The Morgan fingerprint density at radius 1 is 1.20 bits per heavy atom. The molecule has 1 unspecified atom stereocenters. The molecule has 12 heteroatoms. The number of carbonyl (C=O) groups is 1. The number of aromatic nitrogens is 4. The molecule has 0 aliphatic rings. The smallest absolute Gasteiger partial charge is 0.405 e. The van der Waals surface area contributed by atoms with Gasteiger partial charge in [0.25, 0.3) is 0 Å². The number of hydrogen-bond acceptors (Lipinski definition) is 6. The van der Waals surface area contributed by atoms with E-state index in [0.717, 1.165) is 18.9 Å². The number of ether oxygens (including phenoxy) is 1. The molecule has 2 aromatic carbocycles. The van der Waals surface area contributed by atoms with Crippen LogP contribution in [0.1, 0.15) is 26.7 Å². The van der Waals surface area contributed by atoms with E-state index >= 15 is 0 Å². The van der Waals surface area contributed by atoms with E-state index in [1.54, 1.807) is 31.2 Å². The first kappa shape index (κ1) is 24.5. The van der Waals surface area contributed by atoms with Gasteiger partial charge in [0.15, 0.2) is 11.5 Å². The Bertz CT molecular complexity index is 1370. The maximum absolute atomic E-state index is 13.0. The number of benzene rings is 2. The number of rotatable bonds is 8. The van der Waals surface area contributed by atoms with Crippen LogP contribution in [0, 0.1) is 0 Å². The summed E-state index contributed by atoms with van der Waals surface area (Å²) in [5, 5.41) is 11.0. The number of hydrogen-bond donors (Lipinski definition) is 2. The fraction of sp³-hybridized carbons (Fsp3) is 0.304. The van der Waals surface area contributed by atoms with Crippen molar-refractivity contribution in [1.29, 1.82) is 0 Å². The normalized spacial score (nSPS) is 12.6. The molecule has 2 N–H and O–H groups in total.